The highest BCUT2D eigenvalue weighted by Gasteiger charge is 2.08. The maximum absolute atomic E-state index is 5.99. The van der Waals surface area contributed by atoms with Crippen LogP contribution in [0.5, 0.6) is 11.5 Å². The van der Waals surface area contributed by atoms with Gasteiger partial charge in [-0.3, -0.25) is 0 Å². The maximum atomic E-state index is 5.99. The van der Waals surface area contributed by atoms with Crippen molar-refractivity contribution in [3.05, 3.63) is 72.8 Å². The van der Waals surface area contributed by atoms with E-state index in [0.29, 0.717) is 5.69 Å². The van der Waals surface area contributed by atoms with Crippen LogP contribution >= 0.6 is 12.6 Å². The fraction of sp³-hybridized carbons (Fsp3) is 0. The molecule has 0 spiro atoms. The zero-order valence-corrected chi connectivity index (χ0v) is 12.3. The number of hydrogen-bond acceptors (Lipinski definition) is 3. The smallest absolute Gasteiger partial charge is 0.135 e. The van der Waals surface area contributed by atoms with Crippen LogP contribution < -0.4 is 10.5 Å². The van der Waals surface area contributed by atoms with Crippen LogP contribution in [0.15, 0.2) is 77.7 Å². The summed E-state index contributed by atoms with van der Waals surface area (Å²) in [4.78, 5) is 0.897. The molecule has 3 rings (SSSR count). The van der Waals surface area contributed by atoms with Crippen molar-refractivity contribution >= 4 is 18.3 Å². The van der Waals surface area contributed by atoms with Gasteiger partial charge in [-0.15, -0.1) is 12.6 Å². The van der Waals surface area contributed by atoms with Crippen LogP contribution in [0.2, 0.25) is 0 Å². The Morgan fingerprint density at radius 3 is 2.38 bits per heavy atom. The first-order valence-corrected chi connectivity index (χ1v) is 7.09. The highest BCUT2D eigenvalue weighted by molar-refractivity contribution is 7.80. The number of rotatable bonds is 3. The standard InChI is InChI=1S/C18H15NOS/c19-14-7-4-8-15(11-14)20-18-10-9-16(21)12-17(18)13-5-2-1-3-6-13/h1-12,21H,19H2. The summed E-state index contributed by atoms with van der Waals surface area (Å²) in [6.45, 7) is 0. The average Bonchev–Trinajstić information content (AvgIpc) is 2.50. The molecule has 0 aliphatic rings. The Morgan fingerprint density at radius 1 is 0.810 bits per heavy atom. The molecule has 3 aromatic rings. The zero-order chi connectivity index (χ0) is 14.7. The highest BCUT2D eigenvalue weighted by Crippen LogP contribution is 2.35. The summed E-state index contributed by atoms with van der Waals surface area (Å²) < 4.78 is 5.99. The number of hydrogen-bond donors (Lipinski definition) is 2. The van der Waals surface area contributed by atoms with Crippen molar-refractivity contribution in [1.82, 2.24) is 0 Å². The molecule has 0 heterocycles. The van der Waals surface area contributed by atoms with Gasteiger partial charge in [-0.2, -0.15) is 0 Å². The average molecular weight is 293 g/mol. The molecule has 0 saturated heterocycles. The van der Waals surface area contributed by atoms with Crippen molar-refractivity contribution in [2.24, 2.45) is 0 Å². The first-order valence-electron chi connectivity index (χ1n) is 6.64. The second kappa shape index (κ2) is 5.94. The molecular weight excluding hydrogens is 278 g/mol. The van der Waals surface area contributed by atoms with Crippen molar-refractivity contribution in [2.75, 3.05) is 5.73 Å². The number of ether oxygens (including phenoxy) is 1. The van der Waals surface area contributed by atoms with Crippen molar-refractivity contribution < 1.29 is 4.74 Å². The monoisotopic (exact) mass is 293 g/mol. The Labute approximate surface area is 129 Å². The van der Waals surface area contributed by atoms with Gasteiger partial charge in [0.15, 0.2) is 0 Å². The number of thiol groups is 1. The molecule has 0 bridgehead atoms. The second-order valence-electron chi connectivity index (χ2n) is 4.72. The topological polar surface area (TPSA) is 35.2 Å². The van der Waals surface area contributed by atoms with Gasteiger partial charge in [0, 0.05) is 22.2 Å². The molecular formula is C18H15NOS. The minimum atomic E-state index is 0.680. The Bertz CT molecular complexity index is 756. The molecule has 0 radical (unpaired) electrons. The molecule has 0 amide bonds. The number of benzene rings is 3. The third-order valence-electron chi connectivity index (χ3n) is 3.13. The molecule has 0 unspecified atom stereocenters. The van der Waals surface area contributed by atoms with Crippen LogP contribution in [0, 0.1) is 0 Å². The van der Waals surface area contributed by atoms with E-state index in [0.717, 1.165) is 27.5 Å². The number of nitrogens with two attached hydrogens (primary N) is 1. The Kier molecular flexibility index (Phi) is 3.84. The molecule has 3 heteroatoms. The van der Waals surface area contributed by atoms with Crippen LogP contribution in [0.25, 0.3) is 11.1 Å². The fourth-order valence-electron chi connectivity index (χ4n) is 2.16. The van der Waals surface area contributed by atoms with E-state index in [9.17, 15) is 0 Å². The Balaban J connectivity index is 2.03. The lowest BCUT2D eigenvalue weighted by molar-refractivity contribution is 0.484. The van der Waals surface area contributed by atoms with Gasteiger partial charge >= 0.3 is 0 Å². The normalized spacial score (nSPS) is 10.3. The van der Waals surface area contributed by atoms with Gasteiger partial charge in [0.05, 0.1) is 0 Å². The second-order valence-corrected chi connectivity index (χ2v) is 5.24. The van der Waals surface area contributed by atoms with E-state index in [2.05, 4.69) is 24.8 Å². The third-order valence-corrected chi connectivity index (χ3v) is 3.41. The molecule has 0 aromatic heterocycles. The largest absolute Gasteiger partial charge is 0.457 e. The van der Waals surface area contributed by atoms with Gasteiger partial charge in [0.25, 0.3) is 0 Å². The summed E-state index contributed by atoms with van der Waals surface area (Å²) in [5.41, 5.74) is 8.57. The van der Waals surface area contributed by atoms with Crippen LogP contribution in [0.3, 0.4) is 0 Å². The van der Waals surface area contributed by atoms with E-state index in [4.69, 9.17) is 10.5 Å². The van der Waals surface area contributed by atoms with Crippen molar-refractivity contribution in [3.8, 4) is 22.6 Å². The van der Waals surface area contributed by atoms with Crippen molar-refractivity contribution in [1.29, 1.82) is 0 Å². The van der Waals surface area contributed by atoms with E-state index < -0.39 is 0 Å². The zero-order valence-electron chi connectivity index (χ0n) is 11.4. The first kappa shape index (κ1) is 13.6. The molecule has 104 valence electrons. The van der Waals surface area contributed by atoms with E-state index in [1.165, 1.54) is 0 Å². The van der Waals surface area contributed by atoms with E-state index in [1.807, 2.05) is 60.7 Å². The summed E-state index contributed by atoms with van der Waals surface area (Å²) in [5, 5.41) is 0. The molecule has 0 aliphatic carbocycles. The fourth-order valence-corrected chi connectivity index (χ4v) is 2.36. The van der Waals surface area contributed by atoms with Crippen molar-refractivity contribution in [3.63, 3.8) is 0 Å². The summed E-state index contributed by atoms with van der Waals surface area (Å²) in [7, 11) is 0. The molecule has 2 N–H and O–H groups in total. The van der Waals surface area contributed by atoms with Gasteiger partial charge in [0.2, 0.25) is 0 Å². The predicted octanol–water partition coefficient (Wildman–Crippen LogP) is 5.02. The van der Waals surface area contributed by atoms with E-state index in [-0.39, 0.29) is 0 Å². The van der Waals surface area contributed by atoms with Crippen LogP contribution in [0.4, 0.5) is 5.69 Å². The molecule has 3 aromatic carbocycles. The van der Waals surface area contributed by atoms with E-state index in [1.54, 1.807) is 0 Å². The number of anilines is 1. The lowest BCUT2D eigenvalue weighted by Crippen LogP contribution is -1.90. The van der Waals surface area contributed by atoms with Crippen LogP contribution in [-0.2, 0) is 0 Å². The number of nitrogen functional groups attached to an aromatic ring is 1. The Hall–Kier alpha value is -2.39. The minimum Gasteiger partial charge on any atom is -0.457 e. The predicted molar refractivity (Wildman–Crippen MR) is 90.1 cm³/mol. The van der Waals surface area contributed by atoms with Gasteiger partial charge in [-0.05, 0) is 35.9 Å². The maximum Gasteiger partial charge on any atom is 0.135 e. The van der Waals surface area contributed by atoms with Gasteiger partial charge < -0.3 is 10.5 Å². The lowest BCUT2D eigenvalue weighted by atomic mass is 10.0. The van der Waals surface area contributed by atoms with Gasteiger partial charge in [-0.25, -0.2) is 0 Å². The summed E-state index contributed by atoms with van der Waals surface area (Å²) in [6.07, 6.45) is 0. The molecule has 2 nitrogen and oxygen atoms in total. The molecule has 0 atom stereocenters. The van der Waals surface area contributed by atoms with Gasteiger partial charge in [0.1, 0.15) is 11.5 Å². The quantitative estimate of drug-likeness (QED) is 0.525. The van der Waals surface area contributed by atoms with E-state index >= 15 is 0 Å². The van der Waals surface area contributed by atoms with Gasteiger partial charge in [-0.1, -0.05) is 36.4 Å². The third kappa shape index (κ3) is 3.20. The van der Waals surface area contributed by atoms with Crippen LogP contribution in [-0.4, -0.2) is 0 Å². The molecule has 21 heavy (non-hydrogen) atoms. The highest BCUT2D eigenvalue weighted by atomic mass is 32.1. The molecule has 0 saturated carbocycles. The SMILES string of the molecule is Nc1cccc(Oc2ccc(S)cc2-c2ccccc2)c1. The molecule has 0 aliphatic heterocycles. The lowest BCUT2D eigenvalue weighted by Gasteiger charge is -2.12. The first-order chi connectivity index (χ1) is 10.2. The Morgan fingerprint density at radius 2 is 1.62 bits per heavy atom. The summed E-state index contributed by atoms with van der Waals surface area (Å²) >= 11 is 4.42. The molecule has 0 fully saturated rings. The van der Waals surface area contributed by atoms with Crippen LogP contribution in [0.1, 0.15) is 0 Å². The summed E-state index contributed by atoms with van der Waals surface area (Å²) in [6, 6.07) is 23.3. The minimum absolute atomic E-state index is 0.680. The summed E-state index contributed by atoms with van der Waals surface area (Å²) in [5.74, 6) is 1.50. The van der Waals surface area contributed by atoms with Crippen molar-refractivity contribution in [2.45, 2.75) is 4.90 Å².